The minimum Gasteiger partial charge on any atom is -0.427 e. The normalized spacial score (nSPS) is 17.1. The van der Waals surface area contributed by atoms with Crippen molar-refractivity contribution < 1.29 is 34.2 Å². The molecule has 0 saturated carbocycles. The number of nitrogens with zero attached hydrogens (tertiary/aromatic N) is 3. The fraction of sp³-hybridized carbons (Fsp3) is 0.500. The number of unbranched alkanes of at least 4 members (excludes halogenated alkanes) is 4. The van der Waals surface area contributed by atoms with Gasteiger partial charge in [0.2, 0.25) is 0 Å². The van der Waals surface area contributed by atoms with E-state index in [1.165, 1.54) is 0 Å². The number of ketones is 2. The SMILES string of the molecule is CC[C@@]1(O)C(=O)CCc2c1cc1n(c2=O)Cc2c-1nc1ccc(OC(=O)CCCCCCCC(=O)CO)cc1c2/C=N\OC(C)(C)C. The van der Waals surface area contributed by atoms with Crippen molar-refractivity contribution in [1.29, 1.82) is 0 Å². The second-order valence-electron chi connectivity index (χ2n) is 13.4. The molecule has 0 saturated heterocycles. The van der Waals surface area contributed by atoms with Crippen LogP contribution in [0.4, 0.5) is 0 Å². The number of carbonyl (C=O) groups excluding carboxylic acids is 3. The van der Waals surface area contributed by atoms with Gasteiger partial charge in [-0.25, -0.2) is 4.98 Å². The summed E-state index contributed by atoms with van der Waals surface area (Å²) in [6.07, 6.45) is 6.74. The summed E-state index contributed by atoms with van der Waals surface area (Å²) >= 11 is 0. The number of oxime groups is 1. The fourth-order valence-corrected chi connectivity index (χ4v) is 6.30. The van der Waals surface area contributed by atoms with E-state index < -0.39 is 17.8 Å². The monoisotopic (exact) mass is 645 g/mol. The van der Waals surface area contributed by atoms with Crippen molar-refractivity contribution in [3.8, 4) is 17.1 Å². The van der Waals surface area contributed by atoms with E-state index in [1.54, 1.807) is 42.0 Å². The van der Waals surface area contributed by atoms with Crippen LogP contribution in [0.1, 0.15) is 108 Å². The van der Waals surface area contributed by atoms with E-state index in [0.717, 1.165) is 31.2 Å². The van der Waals surface area contributed by atoms with Gasteiger partial charge in [-0.2, -0.15) is 0 Å². The lowest BCUT2D eigenvalue weighted by Gasteiger charge is -2.32. The quantitative estimate of drug-likeness (QED) is 0.0680. The highest BCUT2D eigenvalue weighted by molar-refractivity contribution is 6.03. The minimum atomic E-state index is -1.72. The van der Waals surface area contributed by atoms with Gasteiger partial charge in [0.25, 0.3) is 5.56 Å². The van der Waals surface area contributed by atoms with Gasteiger partial charge in [-0.1, -0.05) is 31.3 Å². The van der Waals surface area contributed by atoms with Gasteiger partial charge in [0.15, 0.2) is 11.6 Å². The molecule has 1 atom stereocenters. The summed E-state index contributed by atoms with van der Waals surface area (Å²) < 4.78 is 7.33. The van der Waals surface area contributed by atoms with Gasteiger partial charge in [-0.3, -0.25) is 19.2 Å². The van der Waals surface area contributed by atoms with Crippen LogP contribution in [0.15, 0.2) is 34.2 Å². The first-order chi connectivity index (χ1) is 22.4. The standard InChI is InChI=1S/C36H43N3O8/c1-5-36(45)28-18-30-33-27(20-39(30)34(44)24(28)14-16-31(36)42)26(19-37-47-35(2,3)4)25-17-23(13-15-29(25)38-33)46-32(43)12-10-8-6-7-9-11-22(41)21-40/h13,15,17-19,40,45H,5-12,14,16,20-21H2,1-4H3/b37-19-/t36-/m0/s1. The van der Waals surface area contributed by atoms with Crippen molar-refractivity contribution in [1.82, 2.24) is 9.55 Å². The number of Topliss-reactive ketones (excluding diaryl/α,β-unsaturated/α-hetero) is 2. The third kappa shape index (κ3) is 7.21. The van der Waals surface area contributed by atoms with Gasteiger partial charge in [-0.15, -0.1) is 0 Å². The summed E-state index contributed by atoms with van der Waals surface area (Å²) in [4.78, 5) is 61.1. The number of aromatic nitrogens is 2. The average molecular weight is 646 g/mol. The number of pyridine rings is 2. The van der Waals surface area contributed by atoms with Crippen molar-refractivity contribution >= 4 is 34.7 Å². The molecule has 1 aliphatic heterocycles. The van der Waals surface area contributed by atoms with E-state index in [-0.39, 0.29) is 55.3 Å². The highest BCUT2D eigenvalue weighted by atomic mass is 16.6. The molecule has 11 heteroatoms. The Morgan fingerprint density at radius 1 is 1.04 bits per heavy atom. The maximum absolute atomic E-state index is 13.8. The predicted molar refractivity (Wildman–Crippen MR) is 177 cm³/mol. The van der Waals surface area contributed by atoms with Crippen LogP contribution in [0.2, 0.25) is 0 Å². The molecule has 2 N–H and O–H groups in total. The highest BCUT2D eigenvalue weighted by Crippen LogP contribution is 2.41. The number of esters is 1. The van der Waals surface area contributed by atoms with Gasteiger partial charge < -0.3 is 24.4 Å². The summed E-state index contributed by atoms with van der Waals surface area (Å²) in [5, 5.41) is 25.1. The molecule has 1 aromatic carbocycles. The molecule has 5 rings (SSSR count). The summed E-state index contributed by atoms with van der Waals surface area (Å²) in [5.74, 6) is -0.446. The number of carbonyl (C=O) groups is 3. The second-order valence-corrected chi connectivity index (χ2v) is 13.4. The van der Waals surface area contributed by atoms with E-state index >= 15 is 0 Å². The summed E-state index contributed by atoms with van der Waals surface area (Å²) in [5.41, 5.74) is 1.35. The fourth-order valence-electron chi connectivity index (χ4n) is 6.30. The number of aliphatic hydroxyl groups excluding tert-OH is 1. The first kappa shape index (κ1) is 34.1. The van der Waals surface area contributed by atoms with Crippen LogP contribution >= 0.6 is 0 Å². The largest absolute Gasteiger partial charge is 0.427 e. The van der Waals surface area contributed by atoms with Gasteiger partial charge >= 0.3 is 5.97 Å². The van der Waals surface area contributed by atoms with Crippen LogP contribution in [-0.4, -0.2) is 55.7 Å². The molecule has 11 nitrogen and oxygen atoms in total. The van der Waals surface area contributed by atoms with Crippen molar-refractivity contribution in [2.45, 2.75) is 110 Å². The molecule has 0 fully saturated rings. The van der Waals surface area contributed by atoms with Gasteiger partial charge in [0.1, 0.15) is 23.6 Å². The zero-order chi connectivity index (χ0) is 33.9. The molecule has 47 heavy (non-hydrogen) atoms. The molecule has 250 valence electrons. The molecule has 2 aromatic heterocycles. The number of fused-ring (bicyclic) bond motifs is 5. The first-order valence-electron chi connectivity index (χ1n) is 16.4. The highest BCUT2D eigenvalue weighted by Gasteiger charge is 2.43. The Balaban J connectivity index is 1.44. The zero-order valence-corrected chi connectivity index (χ0v) is 27.6. The molecule has 0 radical (unpaired) electrons. The Bertz CT molecular complexity index is 1800. The van der Waals surface area contributed by atoms with E-state index in [0.29, 0.717) is 57.6 Å². The van der Waals surface area contributed by atoms with Gasteiger partial charge in [0.05, 0.1) is 29.7 Å². The lowest BCUT2D eigenvalue weighted by Crippen LogP contribution is -2.43. The third-order valence-electron chi connectivity index (χ3n) is 8.83. The Labute approximate surface area is 273 Å². The summed E-state index contributed by atoms with van der Waals surface area (Å²) in [6.45, 7) is 7.18. The second kappa shape index (κ2) is 13.9. The molecular formula is C36H43N3O8. The molecular weight excluding hydrogens is 602 g/mol. The maximum atomic E-state index is 13.8. The Kier molecular flexibility index (Phi) is 10.1. The van der Waals surface area contributed by atoms with E-state index in [2.05, 4.69) is 5.16 Å². The zero-order valence-electron chi connectivity index (χ0n) is 27.6. The Morgan fingerprint density at radius 3 is 2.47 bits per heavy atom. The number of aliphatic hydroxyl groups is 2. The molecule has 0 bridgehead atoms. The summed E-state index contributed by atoms with van der Waals surface area (Å²) in [6, 6.07) is 6.90. The number of hydrogen-bond acceptors (Lipinski definition) is 10. The average Bonchev–Trinajstić information content (AvgIpc) is 3.40. The molecule has 0 amide bonds. The molecule has 1 aliphatic carbocycles. The van der Waals surface area contributed by atoms with Gasteiger partial charge in [0, 0.05) is 46.9 Å². The topological polar surface area (TPSA) is 157 Å². The van der Waals surface area contributed by atoms with Crippen LogP contribution in [0.25, 0.3) is 22.3 Å². The number of rotatable bonds is 13. The van der Waals surface area contributed by atoms with Crippen LogP contribution in [0.5, 0.6) is 5.75 Å². The van der Waals surface area contributed by atoms with Crippen molar-refractivity contribution in [3.05, 3.63) is 56.9 Å². The molecule has 3 heterocycles. The van der Waals surface area contributed by atoms with Gasteiger partial charge in [-0.05, 0) is 70.7 Å². The van der Waals surface area contributed by atoms with E-state index in [1.807, 2.05) is 20.8 Å². The smallest absolute Gasteiger partial charge is 0.311 e. The maximum Gasteiger partial charge on any atom is 0.311 e. The van der Waals surface area contributed by atoms with Crippen molar-refractivity contribution in [2.75, 3.05) is 6.61 Å². The van der Waals surface area contributed by atoms with Crippen molar-refractivity contribution in [3.63, 3.8) is 0 Å². The van der Waals surface area contributed by atoms with Crippen molar-refractivity contribution in [2.24, 2.45) is 5.16 Å². The molecule has 0 spiro atoms. The lowest BCUT2D eigenvalue weighted by atomic mass is 9.77. The molecule has 0 unspecified atom stereocenters. The van der Waals surface area contributed by atoms with E-state index in [4.69, 9.17) is 19.7 Å². The summed E-state index contributed by atoms with van der Waals surface area (Å²) in [7, 11) is 0. The third-order valence-corrected chi connectivity index (χ3v) is 8.83. The number of benzene rings is 1. The molecule has 3 aromatic rings. The van der Waals surface area contributed by atoms with Crippen LogP contribution in [0.3, 0.4) is 0 Å². The lowest BCUT2D eigenvalue weighted by molar-refractivity contribution is -0.140. The minimum absolute atomic E-state index is 0.109. The van der Waals surface area contributed by atoms with E-state index in [9.17, 15) is 24.3 Å². The first-order valence-corrected chi connectivity index (χ1v) is 16.4. The number of hydrogen-bond donors (Lipinski definition) is 2. The Hall–Kier alpha value is -4.22. The van der Waals surface area contributed by atoms with Crippen LogP contribution in [-0.2, 0) is 37.8 Å². The molecule has 2 aliphatic rings. The predicted octanol–water partition coefficient (Wildman–Crippen LogP) is 4.88. The van der Waals surface area contributed by atoms with Crippen LogP contribution < -0.4 is 10.3 Å². The van der Waals surface area contributed by atoms with Crippen LogP contribution in [0, 0.1) is 0 Å². The Morgan fingerprint density at radius 2 is 1.77 bits per heavy atom. The number of ether oxygens (including phenoxy) is 1.